The van der Waals surface area contributed by atoms with Crippen LogP contribution in [0.4, 0.5) is 0 Å². The summed E-state index contributed by atoms with van der Waals surface area (Å²) in [7, 11) is 0. The fourth-order valence-electron chi connectivity index (χ4n) is 5.43. The van der Waals surface area contributed by atoms with Crippen LogP contribution in [0.15, 0.2) is 79.1 Å². The third-order valence-corrected chi connectivity index (χ3v) is 7.57. The number of amides is 1. The molecule has 1 N–H and O–H groups in total. The minimum absolute atomic E-state index is 0.0675. The van der Waals surface area contributed by atoms with Crippen LogP contribution in [-0.2, 0) is 22.4 Å². The highest BCUT2D eigenvalue weighted by Crippen LogP contribution is 2.34. The largest absolute Gasteiger partial charge is 0.478 e. The molecular formula is C30H28ClN5O4. The number of carbonyl (C=O) groups is 3. The van der Waals surface area contributed by atoms with Gasteiger partial charge in [-0.2, -0.15) is 0 Å². The van der Waals surface area contributed by atoms with Crippen LogP contribution in [0.1, 0.15) is 52.2 Å². The monoisotopic (exact) mass is 557 g/mol. The van der Waals surface area contributed by atoms with Gasteiger partial charge in [0.05, 0.1) is 17.3 Å². The van der Waals surface area contributed by atoms with Crippen LogP contribution in [-0.4, -0.2) is 60.5 Å². The summed E-state index contributed by atoms with van der Waals surface area (Å²) in [4.78, 5) is 40.6. The summed E-state index contributed by atoms with van der Waals surface area (Å²) >= 11 is 6.26. The Balaban J connectivity index is 1.39. The standard InChI is InChI=1S/C30H28ClN5O4/c31-24-13-14-26(36-19-32-33-34-36)23(18-24)12-15-28(38)35-16-4-7-25(21-5-2-1-3-6-21)29(35)27(37)17-20-8-10-22(11-9-20)30(39)40/h1-3,5-6,8-11,13-14,18-19,25,29H,4,7,12,15-17H2,(H,39,40). The maximum atomic E-state index is 13.9. The van der Waals surface area contributed by atoms with E-state index in [1.54, 1.807) is 29.2 Å². The number of piperidine rings is 1. The van der Waals surface area contributed by atoms with Crippen LogP contribution in [0, 0.1) is 0 Å². The lowest BCUT2D eigenvalue weighted by Gasteiger charge is -2.41. The molecule has 1 aliphatic rings. The number of nitrogens with zero attached hydrogens (tertiary/aromatic N) is 5. The Morgan fingerprint density at radius 3 is 2.48 bits per heavy atom. The van der Waals surface area contributed by atoms with Crippen molar-refractivity contribution in [2.45, 2.75) is 44.1 Å². The molecule has 1 fully saturated rings. The molecule has 9 nitrogen and oxygen atoms in total. The van der Waals surface area contributed by atoms with Gasteiger partial charge in [0.1, 0.15) is 6.33 Å². The molecular weight excluding hydrogens is 530 g/mol. The van der Waals surface area contributed by atoms with Crippen molar-refractivity contribution < 1.29 is 19.5 Å². The minimum atomic E-state index is -1.02. The van der Waals surface area contributed by atoms with Gasteiger partial charge in [0.15, 0.2) is 5.78 Å². The molecule has 204 valence electrons. The summed E-state index contributed by atoms with van der Waals surface area (Å²) < 4.78 is 1.53. The van der Waals surface area contributed by atoms with Crippen LogP contribution in [0.5, 0.6) is 0 Å². The number of halogens is 1. The molecule has 5 rings (SSSR count). The summed E-state index contributed by atoms with van der Waals surface area (Å²) in [5.74, 6) is -1.33. The van der Waals surface area contributed by atoms with Crippen LogP contribution in [0.2, 0.25) is 5.02 Å². The zero-order valence-electron chi connectivity index (χ0n) is 21.7. The Labute approximate surface area is 236 Å². The van der Waals surface area contributed by atoms with Crippen molar-refractivity contribution in [3.63, 3.8) is 0 Å². The number of hydrogen-bond donors (Lipinski definition) is 1. The lowest BCUT2D eigenvalue weighted by molar-refractivity contribution is -0.142. The van der Waals surface area contributed by atoms with Gasteiger partial charge < -0.3 is 10.0 Å². The molecule has 40 heavy (non-hydrogen) atoms. The fourth-order valence-corrected chi connectivity index (χ4v) is 5.62. The van der Waals surface area contributed by atoms with E-state index in [-0.39, 0.29) is 36.0 Å². The molecule has 0 bridgehead atoms. The molecule has 0 aliphatic carbocycles. The van der Waals surface area contributed by atoms with E-state index in [0.717, 1.165) is 29.7 Å². The second kappa shape index (κ2) is 12.2. The molecule has 2 heterocycles. The van der Waals surface area contributed by atoms with Crippen molar-refractivity contribution in [1.29, 1.82) is 0 Å². The van der Waals surface area contributed by atoms with Gasteiger partial charge in [-0.25, -0.2) is 9.48 Å². The zero-order chi connectivity index (χ0) is 28.1. The number of Topliss-reactive ketones (excluding diaryl/α,β-unsaturated/α-hetero) is 1. The summed E-state index contributed by atoms with van der Waals surface area (Å²) in [6, 6.07) is 20.9. The maximum Gasteiger partial charge on any atom is 0.335 e. The van der Waals surface area contributed by atoms with E-state index in [0.29, 0.717) is 23.6 Å². The Morgan fingerprint density at radius 1 is 1.00 bits per heavy atom. The van der Waals surface area contributed by atoms with Gasteiger partial charge in [0.25, 0.3) is 0 Å². The average molecular weight is 558 g/mol. The van der Waals surface area contributed by atoms with Gasteiger partial charge >= 0.3 is 5.97 Å². The third kappa shape index (κ3) is 6.10. The van der Waals surface area contributed by atoms with Gasteiger partial charge in [-0.15, -0.1) is 5.10 Å². The van der Waals surface area contributed by atoms with Crippen molar-refractivity contribution in [2.24, 2.45) is 0 Å². The van der Waals surface area contributed by atoms with E-state index >= 15 is 0 Å². The highest BCUT2D eigenvalue weighted by atomic mass is 35.5. The lowest BCUT2D eigenvalue weighted by Crippen LogP contribution is -2.52. The first kappa shape index (κ1) is 27.2. The number of aromatic nitrogens is 4. The fraction of sp³-hybridized carbons (Fsp3) is 0.267. The first-order chi connectivity index (χ1) is 19.4. The molecule has 10 heteroatoms. The van der Waals surface area contributed by atoms with E-state index in [9.17, 15) is 19.5 Å². The van der Waals surface area contributed by atoms with E-state index in [4.69, 9.17) is 11.6 Å². The first-order valence-corrected chi connectivity index (χ1v) is 13.5. The number of likely N-dealkylation sites (tertiary alicyclic amines) is 1. The average Bonchev–Trinajstić information content (AvgIpc) is 3.51. The third-order valence-electron chi connectivity index (χ3n) is 7.33. The molecule has 3 aromatic carbocycles. The second-order valence-corrected chi connectivity index (χ2v) is 10.3. The van der Waals surface area contributed by atoms with E-state index in [2.05, 4.69) is 15.5 Å². The SMILES string of the molecule is O=C(O)c1ccc(CC(=O)C2C(c3ccccc3)CCCN2C(=O)CCc2cc(Cl)ccc2-n2cnnn2)cc1. The predicted octanol–water partition coefficient (Wildman–Crippen LogP) is 4.53. The van der Waals surface area contributed by atoms with Gasteiger partial charge in [-0.1, -0.05) is 54.1 Å². The van der Waals surface area contributed by atoms with E-state index in [1.807, 2.05) is 36.4 Å². The molecule has 2 atom stereocenters. The summed E-state index contributed by atoms with van der Waals surface area (Å²) in [6.45, 7) is 0.492. The molecule has 0 radical (unpaired) electrons. The Morgan fingerprint density at radius 2 is 1.77 bits per heavy atom. The van der Waals surface area contributed by atoms with Crippen LogP contribution in [0.25, 0.3) is 5.69 Å². The molecule has 0 saturated carbocycles. The topological polar surface area (TPSA) is 118 Å². The van der Waals surface area contributed by atoms with Crippen molar-refractivity contribution in [3.8, 4) is 5.69 Å². The van der Waals surface area contributed by atoms with Crippen molar-refractivity contribution >= 4 is 29.3 Å². The number of carboxylic acids is 1. The summed E-state index contributed by atoms with van der Waals surface area (Å²) in [6.07, 6.45) is 3.76. The second-order valence-electron chi connectivity index (χ2n) is 9.86. The molecule has 1 amide bonds. The normalized spacial score (nSPS) is 17.0. The number of benzene rings is 3. The van der Waals surface area contributed by atoms with Crippen LogP contribution in [0.3, 0.4) is 0 Å². The number of hydrogen-bond acceptors (Lipinski definition) is 6. The lowest BCUT2D eigenvalue weighted by atomic mass is 9.80. The number of ketones is 1. The van der Waals surface area contributed by atoms with Gasteiger partial charge in [0.2, 0.25) is 5.91 Å². The van der Waals surface area contributed by atoms with Crippen molar-refractivity contribution in [1.82, 2.24) is 25.1 Å². The van der Waals surface area contributed by atoms with Gasteiger partial charge in [0, 0.05) is 30.3 Å². The highest BCUT2D eigenvalue weighted by Gasteiger charge is 2.39. The van der Waals surface area contributed by atoms with Crippen LogP contribution < -0.4 is 0 Å². The molecule has 1 aliphatic heterocycles. The molecule has 4 aromatic rings. The van der Waals surface area contributed by atoms with E-state index < -0.39 is 12.0 Å². The zero-order valence-corrected chi connectivity index (χ0v) is 22.4. The summed E-state index contributed by atoms with van der Waals surface area (Å²) in [5.41, 5.74) is 3.46. The van der Waals surface area contributed by atoms with Crippen LogP contribution >= 0.6 is 11.6 Å². The Hall–Kier alpha value is -4.37. The number of tetrazole rings is 1. The number of carboxylic acid groups (broad SMARTS) is 1. The molecule has 0 spiro atoms. The van der Waals surface area contributed by atoms with Crippen molar-refractivity contribution in [2.75, 3.05) is 6.54 Å². The summed E-state index contributed by atoms with van der Waals surface area (Å²) in [5, 5.41) is 21.1. The number of carbonyl (C=O) groups excluding carboxylic acids is 2. The Kier molecular flexibility index (Phi) is 8.31. The number of aryl methyl sites for hydroxylation is 1. The molecule has 1 saturated heterocycles. The highest BCUT2D eigenvalue weighted by molar-refractivity contribution is 6.30. The smallest absolute Gasteiger partial charge is 0.335 e. The number of rotatable bonds is 9. The maximum absolute atomic E-state index is 13.9. The first-order valence-electron chi connectivity index (χ1n) is 13.1. The molecule has 1 aromatic heterocycles. The minimum Gasteiger partial charge on any atom is -0.478 e. The Bertz CT molecular complexity index is 1490. The van der Waals surface area contributed by atoms with Gasteiger partial charge in [-0.3, -0.25) is 9.59 Å². The molecule has 2 unspecified atom stereocenters. The van der Waals surface area contributed by atoms with Crippen molar-refractivity contribution in [3.05, 3.63) is 106 Å². The quantitative estimate of drug-likeness (QED) is 0.321. The predicted molar refractivity (Wildman–Crippen MR) is 149 cm³/mol. The van der Waals surface area contributed by atoms with E-state index in [1.165, 1.54) is 23.1 Å². The van der Waals surface area contributed by atoms with Gasteiger partial charge in [-0.05, 0) is 76.7 Å². The number of aromatic carboxylic acids is 1.